The fourth-order valence-electron chi connectivity index (χ4n) is 6.62. The number of aromatic hydroxyl groups is 1. The average molecular weight is 668 g/mol. The van der Waals surface area contributed by atoms with Gasteiger partial charge in [-0.1, -0.05) is 55.2 Å². The van der Waals surface area contributed by atoms with E-state index in [2.05, 4.69) is 16.5 Å². The molecule has 1 N–H and O–H groups in total. The quantitative estimate of drug-likeness (QED) is 0.246. The van der Waals surface area contributed by atoms with E-state index in [4.69, 9.17) is 39.8 Å². The minimum absolute atomic E-state index is 0.00223. The molecule has 12 heteroatoms. The van der Waals surface area contributed by atoms with Gasteiger partial charge in [0.15, 0.2) is 0 Å². The number of aromatic nitrogens is 3. The van der Waals surface area contributed by atoms with Crippen molar-refractivity contribution in [1.82, 2.24) is 19.4 Å². The number of phenols is 1. The van der Waals surface area contributed by atoms with Crippen LogP contribution in [0.5, 0.6) is 5.75 Å². The number of pyridine rings is 3. The Bertz CT molecular complexity index is 1960. The fourth-order valence-corrected chi connectivity index (χ4v) is 7.28. The number of phenolic OH excluding ortho intramolecular Hbond substituents is 1. The normalized spacial score (nSPS) is 17.9. The lowest BCUT2D eigenvalue weighted by Gasteiger charge is -2.51. The monoisotopic (exact) mass is 666 g/mol. The van der Waals surface area contributed by atoms with Crippen LogP contribution < -0.4 is 15.4 Å². The van der Waals surface area contributed by atoms with Crippen LogP contribution in [0.1, 0.15) is 37.9 Å². The third-order valence-corrected chi connectivity index (χ3v) is 9.79. The first-order valence-electron chi connectivity index (χ1n) is 14.7. The number of likely N-dealkylation sites (N-methyl/N-ethyl adjacent to an activating group) is 1. The van der Waals surface area contributed by atoms with Gasteiger partial charge >= 0.3 is 0 Å². The van der Waals surface area contributed by atoms with Gasteiger partial charge in [-0.05, 0) is 49.6 Å². The maximum atomic E-state index is 14.9. The Morgan fingerprint density at radius 3 is 2.51 bits per heavy atom. The molecule has 9 nitrogen and oxygen atoms in total. The predicted octanol–water partition coefficient (Wildman–Crippen LogP) is 6.59. The van der Waals surface area contributed by atoms with Gasteiger partial charge in [0, 0.05) is 55.9 Å². The van der Waals surface area contributed by atoms with Gasteiger partial charge in [0.05, 0.1) is 43.9 Å². The van der Waals surface area contributed by atoms with Crippen LogP contribution in [0.2, 0.25) is 15.1 Å². The zero-order valence-corrected chi connectivity index (χ0v) is 27.9. The molecule has 3 aromatic heterocycles. The SMILES string of the molecule is C=CC(=O)N1CC2CN(C)c3c(c4cc(Cl)c(-c5cc(O)cc(Cl)c5Cl)nc4n(-c4c(C)ccnc4C(C)C)c3=O)N2CC1C. The zero-order valence-electron chi connectivity index (χ0n) is 25.6. The van der Waals surface area contributed by atoms with Crippen molar-refractivity contribution in [3.8, 4) is 22.7 Å². The number of rotatable bonds is 4. The molecule has 1 fully saturated rings. The molecule has 2 atom stereocenters. The molecule has 2 unspecified atom stereocenters. The Morgan fingerprint density at radius 1 is 1.09 bits per heavy atom. The van der Waals surface area contributed by atoms with Crippen molar-refractivity contribution < 1.29 is 9.90 Å². The minimum atomic E-state index is -0.255. The van der Waals surface area contributed by atoms with E-state index in [0.29, 0.717) is 53.3 Å². The summed E-state index contributed by atoms with van der Waals surface area (Å²) in [6, 6.07) is 6.24. The van der Waals surface area contributed by atoms with Gasteiger partial charge in [-0.2, -0.15) is 0 Å². The number of hydrogen-bond acceptors (Lipinski definition) is 7. The number of nitrogens with zero attached hydrogens (tertiary/aromatic N) is 6. The molecule has 4 aromatic rings. The second-order valence-electron chi connectivity index (χ2n) is 12.1. The van der Waals surface area contributed by atoms with Crippen LogP contribution in [0.15, 0.2) is 47.9 Å². The Hall–Kier alpha value is -3.79. The molecule has 1 saturated heterocycles. The molecule has 0 radical (unpaired) electrons. The van der Waals surface area contributed by atoms with Gasteiger partial charge in [-0.25, -0.2) is 4.98 Å². The summed E-state index contributed by atoms with van der Waals surface area (Å²) in [6.45, 7) is 13.2. The minimum Gasteiger partial charge on any atom is -0.508 e. The van der Waals surface area contributed by atoms with Crippen molar-refractivity contribution in [1.29, 1.82) is 0 Å². The number of fused-ring (bicyclic) bond motifs is 5. The van der Waals surface area contributed by atoms with Crippen LogP contribution in [0, 0.1) is 6.92 Å². The number of aryl methyl sites for hydroxylation is 1. The summed E-state index contributed by atoms with van der Waals surface area (Å²) in [5.41, 5.74) is 4.17. The molecular weight excluding hydrogens is 635 g/mol. The topological polar surface area (TPSA) is 94.8 Å². The van der Waals surface area contributed by atoms with Crippen molar-refractivity contribution in [3.05, 3.63) is 79.8 Å². The average Bonchev–Trinajstić information content (AvgIpc) is 2.98. The second kappa shape index (κ2) is 11.5. The summed E-state index contributed by atoms with van der Waals surface area (Å²) in [5, 5.41) is 11.6. The molecule has 0 saturated carbocycles. The third kappa shape index (κ3) is 5.01. The zero-order chi connectivity index (χ0) is 32.5. The number of carbonyl (C=O) groups excluding carboxylic acids is 1. The highest BCUT2D eigenvalue weighted by Crippen LogP contribution is 2.45. The van der Waals surface area contributed by atoms with Crippen LogP contribution >= 0.6 is 34.8 Å². The van der Waals surface area contributed by atoms with Crippen molar-refractivity contribution in [3.63, 3.8) is 0 Å². The standard InChI is InChI=1S/C33H33Cl3N6O3/c1-7-25(44)40-15-19-14-39(6)31-30(41(19)13-18(40)5)22-12-24(35)28(21-10-20(43)11-23(34)26(21)36)38-32(22)42(33(31)45)29-17(4)8-9-37-27(29)16(2)3/h7-12,16,18-19,43H,1,13-15H2,2-6H3. The van der Waals surface area contributed by atoms with E-state index in [1.807, 2.05) is 50.6 Å². The maximum absolute atomic E-state index is 14.9. The lowest BCUT2D eigenvalue weighted by Crippen LogP contribution is -2.64. The number of halogens is 3. The largest absolute Gasteiger partial charge is 0.508 e. The van der Waals surface area contributed by atoms with E-state index in [0.717, 1.165) is 11.3 Å². The lowest BCUT2D eigenvalue weighted by atomic mass is 9.98. The predicted molar refractivity (Wildman–Crippen MR) is 182 cm³/mol. The van der Waals surface area contributed by atoms with Crippen LogP contribution in [-0.4, -0.2) is 69.2 Å². The summed E-state index contributed by atoms with van der Waals surface area (Å²) < 4.78 is 1.63. The fraction of sp³-hybridized carbons (Fsp3) is 0.333. The highest BCUT2D eigenvalue weighted by molar-refractivity contribution is 6.44. The molecule has 2 aliphatic rings. The van der Waals surface area contributed by atoms with Gasteiger partial charge in [0.1, 0.15) is 17.1 Å². The number of benzene rings is 1. The number of piperazine rings is 1. The molecule has 0 aliphatic carbocycles. The maximum Gasteiger partial charge on any atom is 0.282 e. The number of amides is 1. The van der Waals surface area contributed by atoms with Crippen LogP contribution in [0.3, 0.4) is 0 Å². The van der Waals surface area contributed by atoms with Gasteiger partial charge in [0.2, 0.25) is 5.91 Å². The first-order chi connectivity index (χ1) is 21.3. The van der Waals surface area contributed by atoms with Gasteiger partial charge in [-0.3, -0.25) is 19.1 Å². The molecule has 1 aromatic carbocycles. The molecule has 0 spiro atoms. The molecular formula is C33H33Cl3N6O3. The summed E-state index contributed by atoms with van der Waals surface area (Å²) in [4.78, 5) is 43.3. The number of anilines is 2. The summed E-state index contributed by atoms with van der Waals surface area (Å²) in [5.74, 6) is -0.224. The molecule has 5 heterocycles. The molecule has 45 heavy (non-hydrogen) atoms. The first kappa shape index (κ1) is 31.2. The first-order valence-corrected chi connectivity index (χ1v) is 15.8. The van der Waals surface area contributed by atoms with Crippen LogP contribution in [0.4, 0.5) is 11.4 Å². The van der Waals surface area contributed by atoms with Gasteiger partial charge in [-0.15, -0.1) is 0 Å². The van der Waals surface area contributed by atoms with E-state index in [9.17, 15) is 14.7 Å². The second-order valence-corrected chi connectivity index (χ2v) is 13.3. The molecule has 2 aliphatic heterocycles. The highest BCUT2D eigenvalue weighted by atomic mass is 35.5. The summed E-state index contributed by atoms with van der Waals surface area (Å²) in [7, 11) is 1.89. The van der Waals surface area contributed by atoms with Gasteiger partial charge < -0.3 is 19.8 Å². The number of hydrogen-bond donors (Lipinski definition) is 1. The van der Waals surface area contributed by atoms with E-state index >= 15 is 0 Å². The molecule has 0 bridgehead atoms. The Balaban J connectivity index is 1.73. The van der Waals surface area contributed by atoms with Crippen molar-refractivity contribution in [2.45, 2.75) is 45.7 Å². The lowest BCUT2D eigenvalue weighted by molar-refractivity contribution is -0.128. The smallest absolute Gasteiger partial charge is 0.282 e. The molecule has 234 valence electrons. The van der Waals surface area contributed by atoms with Crippen molar-refractivity contribution in [2.75, 3.05) is 36.5 Å². The third-order valence-electron chi connectivity index (χ3n) is 8.70. The Kier molecular flexibility index (Phi) is 8.00. The van der Waals surface area contributed by atoms with E-state index in [1.165, 1.54) is 18.2 Å². The van der Waals surface area contributed by atoms with Crippen LogP contribution in [-0.2, 0) is 4.79 Å². The molecule has 6 rings (SSSR count). The Labute approximate surface area is 276 Å². The summed E-state index contributed by atoms with van der Waals surface area (Å²) >= 11 is 20.0. The van der Waals surface area contributed by atoms with Crippen molar-refractivity contribution in [2.24, 2.45) is 0 Å². The van der Waals surface area contributed by atoms with Crippen LogP contribution in [0.25, 0.3) is 28.0 Å². The van der Waals surface area contributed by atoms with Crippen molar-refractivity contribution >= 4 is 63.1 Å². The highest BCUT2D eigenvalue weighted by Gasteiger charge is 2.41. The summed E-state index contributed by atoms with van der Waals surface area (Å²) in [6.07, 6.45) is 3.08. The Morgan fingerprint density at radius 2 is 1.82 bits per heavy atom. The number of carbonyl (C=O) groups is 1. The van der Waals surface area contributed by atoms with E-state index in [-0.39, 0.29) is 56.0 Å². The van der Waals surface area contributed by atoms with E-state index < -0.39 is 0 Å². The van der Waals surface area contributed by atoms with E-state index in [1.54, 1.807) is 16.8 Å². The molecule has 1 amide bonds. The van der Waals surface area contributed by atoms with Gasteiger partial charge in [0.25, 0.3) is 5.56 Å².